The predicted octanol–water partition coefficient (Wildman–Crippen LogP) is 5.05. The van der Waals surface area contributed by atoms with Crippen molar-refractivity contribution >= 4 is 5.91 Å². The minimum absolute atomic E-state index is 0.0679. The van der Waals surface area contributed by atoms with Gasteiger partial charge in [0.2, 0.25) is 5.91 Å². The van der Waals surface area contributed by atoms with Crippen molar-refractivity contribution in [2.24, 2.45) is 11.3 Å². The summed E-state index contributed by atoms with van der Waals surface area (Å²) in [5.74, 6) is 0.833. The van der Waals surface area contributed by atoms with E-state index in [1.807, 2.05) is 30.0 Å². The lowest BCUT2D eigenvalue weighted by atomic mass is 9.65. The van der Waals surface area contributed by atoms with E-state index >= 15 is 0 Å². The fourth-order valence-corrected chi connectivity index (χ4v) is 4.19. The first-order chi connectivity index (χ1) is 11.8. The molecule has 3 nitrogen and oxygen atoms in total. The monoisotopic (exact) mass is 345 g/mol. The second-order valence-electron chi connectivity index (χ2n) is 8.46. The number of benzene rings is 1. The van der Waals surface area contributed by atoms with E-state index < -0.39 is 0 Å². The molecular formula is C22H35NO2. The topological polar surface area (TPSA) is 29.5 Å². The van der Waals surface area contributed by atoms with Crippen molar-refractivity contribution in [3.63, 3.8) is 0 Å². The second-order valence-corrected chi connectivity index (χ2v) is 8.46. The standard InChI is InChI=1S/C22H35NO2/c1-6-20(24)23(16-19-10-8-7-9-11-19)14-12-22(18(2)3)13-15-25-21(4,5)17-22/h7-11,18H,6,12-17H2,1-5H3/t22-/m0/s1. The molecule has 0 aliphatic carbocycles. The molecule has 1 heterocycles. The highest BCUT2D eigenvalue weighted by atomic mass is 16.5. The van der Waals surface area contributed by atoms with E-state index in [1.165, 1.54) is 5.56 Å². The van der Waals surface area contributed by atoms with Crippen LogP contribution in [0.4, 0.5) is 0 Å². The molecule has 2 rings (SSSR count). The molecule has 1 aliphatic rings. The number of ether oxygens (including phenoxy) is 1. The molecule has 1 amide bonds. The molecule has 0 bridgehead atoms. The lowest BCUT2D eigenvalue weighted by Crippen LogP contribution is -2.46. The molecule has 1 aromatic carbocycles. The zero-order valence-electron chi connectivity index (χ0n) is 16.7. The molecule has 1 atom stereocenters. The van der Waals surface area contributed by atoms with Crippen LogP contribution < -0.4 is 0 Å². The molecule has 3 heteroatoms. The van der Waals surface area contributed by atoms with Crippen LogP contribution in [0.5, 0.6) is 0 Å². The Labute approximate surface area is 153 Å². The maximum Gasteiger partial charge on any atom is 0.222 e. The SMILES string of the molecule is CCC(=O)N(CC[C@]1(C(C)C)CCOC(C)(C)C1)Cc1ccccc1. The highest BCUT2D eigenvalue weighted by Gasteiger charge is 2.42. The minimum Gasteiger partial charge on any atom is -0.376 e. The zero-order chi connectivity index (χ0) is 18.5. The van der Waals surface area contributed by atoms with Gasteiger partial charge in [-0.05, 0) is 50.0 Å². The molecule has 0 N–H and O–H groups in total. The Morgan fingerprint density at radius 1 is 1.24 bits per heavy atom. The van der Waals surface area contributed by atoms with E-state index in [2.05, 4.69) is 39.8 Å². The van der Waals surface area contributed by atoms with Crippen LogP contribution in [0.2, 0.25) is 0 Å². The fourth-order valence-electron chi connectivity index (χ4n) is 4.19. The van der Waals surface area contributed by atoms with Crippen LogP contribution in [-0.2, 0) is 16.1 Å². The van der Waals surface area contributed by atoms with Gasteiger partial charge in [0.1, 0.15) is 0 Å². The van der Waals surface area contributed by atoms with Gasteiger partial charge in [-0.25, -0.2) is 0 Å². The molecule has 0 saturated carbocycles. The maximum atomic E-state index is 12.5. The van der Waals surface area contributed by atoms with Crippen molar-refractivity contribution in [1.29, 1.82) is 0 Å². The second kappa shape index (κ2) is 8.35. The molecule has 1 aromatic rings. The third kappa shape index (κ3) is 5.31. The Balaban J connectivity index is 2.10. The molecule has 1 fully saturated rings. The van der Waals surface area contributed by atoms with Gasteiger partial charge in [-0.15, -0.1) is 0 Å². The molecular weight excluding hydrogens is 310 g/mol. The first kappa shape index (κ1) is 20.0. The summed E-state index contributed by atoms with van der Waals surface area (Å²) in [5, 5.41) is 0. The molecule has 25 heavy (non-hydrogen) atoms. The summed E-state index contributed by atoms with van der Waals surface area (Å²) in [4.78, 5) is 14.5. The van der Waals surface area contributed by atoms with Gasteiger partial charge < -0.3 is 9.64 Å². The summed E-state index contributed by atoms with van der Waals surface area (Å²) >= 11 is 0. The third-order valence-electron chi connectivity index (χ3n) is 5.85. The lowest BCUT2D eigenvalue weighted by molar-refractivity contribution is -0.135. The van der Waals surface area contributed by atoms with Gasteiger partial charge in [-0.2, -0.15) is 0 Å². The van der Waals surface area contributed by atoms with Crippen LogP contribution in [0.1, 0.15) is 65.9 Å². The number of rotatable bonds is 7. The van der Waals surface area contributed by atoms with Gasteiger partial charge in [0, 0.05) is 26.1 Å². The maximum absolute atomic E-state index is 12.5. The zero-order valence-corrected chi connectivity index (χ0v) is 16.7. The first-order valence-corrected chi connectivity index (χ1v) is 9.74. The van der Waals surface area contributed by atoms with Crippen molar-refractivity contribution in [3.8, 4) is 0 Å². The van der Waals surface area contributed by atoms with E-state index in [9.17, 15) is 4.79 Å². The quantitative estimate of drug-likeness (QED) is 0.692. The van der Waals surface area contributed by atoms with Crippen molar-refractivity contribution < 1.29 is 9.53 Å². The van der Waals surface area contributed by atoms with Crippen LogP contribution >= 0.6 is 0 Å². The van der Waals surface area contributed by atoms with Crippen LogP contribution in [0.15, 0.2) is 30.3 Å². The van der Waals surface area contributed by atoms with Crippen LogP contribution in [0.3, 0.4) is 0 Å². The average molecular weight is 346 g/mol. The van der Waals surface area contributed by atoms with Gasteiger partial charge in [0.15, 0.2) is 0 Å². The highest BCUT2D eigenvalue weighted by Crippen LogP contribution is 2.47. The van der Waals surface area contributed by atoms with E-state index in [-0.39, 0.29) is 16.9 Å². The van der Waals surface area contributed by atoms with E-state index in [0.29, 0.717) is 18.9 Å². The number of hydrogen-bond donors (Lipinski definition) is 0. The van der Waals surface area contributed by atoms with Crippen molar-refractivity contribution in [2.45, 2.75) is 72.4 Å². The van der Waals surface area contributed by atoms with Crippen molar-refractivity contribution in [1.82, 2.24) is 4.90 Å². The molecule has 0 aromatic heterocycles. The van der Waals surface area contributed by atoms with Gasteiger partial charge in [-0.3, -0.25) is 4.79 Å². The first-order valence-electron chi connectivity index (χ1n) is 9.74. The van der Waals surface area contributed by atoms with E-state index in [0.717, 1.165) is 32.4 Å². The highest BCUT2D eigenvalue weighted by molar-refractivity contribution is 5.75. The number of carbonyl (C=O) groups is 1. The number of nitrogens with zero attached hydrogens (tertiary/aromatic N) is 1. The Morgan fingerprint density at radius 2 is 1.92 bits per heavy atom. The molecule has 1 aliphatic heterocycles. The van der Waals surface area contributed by atoms with Crippen LogP contribution in [-0.4, -0.2) is 29.6 Å². The van der Waals surface area contributed by atoms with Crippen LogP contribution in [0.25, 0.3) is 0 Å². The largest absolute Gasteiger partial charge is 0.376 e. The summed E-state index contributed by atoms with van der Waals surface area (Å²) in [7, 11) is 0. The van der Waals surface area contributed by atoms with Gasteiger partial charge in [0.25, 0.3) is 0 Å². The number of hydrogen-bond acceptors (Lipinski definition) is 2. The Hall–Kier alpha value is -1.35. The molecule has 140 valence electrons. The summed E-state index contributed by atoms with van der Waals surface area (Å²) < 4.78 is 5.96. The van der Waals surface area contributed by atoms with E-state index in [1.54, 1.807) is 0 Å². The summed E-state index contributed by atoms with van der Waals surface area (Å²) in [5.41, 5.74) is 1.39. The van der Waals surface area contributed by atoms with Crippen molar-refractivity contribution in [2.75, 3.05) is 13.2 Å². The Kier molecular flexibility index (Phi) is 6.67. The number of carbonyl (C=O) groups excluding carboxylic acids is 1. The third-order valence-corrected chi connectivity index (χ3v) is 5.85. The minimum atomic E-state index is -0.0679. The molecule has 0 unspecified atom stereocenters. The average Bonchev–Trinajstić information content (AvgIpc) is 2.57. The lowest BCUT2D eigenvalue weighted by Gasteiger charge is -2.48. The smallest absolute Gasteiger partial charge is 0.222 e. The fraction of sp³-hybridized carbons (Fsp3) is 0.682. The van der Waals surface area contributed by atoms with Gasteiger partial charge in [-0.1, -0.05) is 51.1 Å². The Bertz CT molecular complexity index is 552. The summed E-state index contributed by atoms with van der Waals surface area (Å²) in [6, 6.07) is 10.3. The van der Waals surface area contributed by atoms with E-state index in [4.69, 9.17) is 4.74 Å². The molecule has 0 spiro atoms. The number of amides is 1. The normalized spacial score (nSPS) is 22.8. The van der Waals surface area contributed by atoms with Crippen LogP contribution in [0, 0.1) is 11.3 Å². The van der Waals surface area contributed by atoms with Gasteiger partial charge in [0.05, 0.1) is 5.60 Å². The summed E-state index contributed by atoms with van der Waals surface area (Å²) in [6.07, 6.45) is 3.77. The molecule has 0 radical (unpaired) electrons. The van der Waals surface area contributed by atoms with Crippen molar-refractivity contribution in [3.05, 3.63) is 35.9 Å². The predicted molar refractivity (Wildman–Crippen MR) is 103 cm³/mol. The molecule has 1 saturated heterocycles. The summed E-state index contributed by atoms with van der Waals surface area (Å²) in [6.45, 7) is 13.4. The van der Waals surface area contributed by atoms with Gasteiger partial charge >= 0.3 is 0 Å². The Morgan fingerprint density at radius 3 is 2.48 bits per heavy atom.